The molecule has 0 spiro atoms. The van der Waals surface area contributed by atoms with E-state index in [0.29, 0.717) is 12.3 Å². The molecule has 1 unspecified atom stereocenters. The smallest absolute Gasteiger partial charge is 0.225 e. The molecule has 6 nitrogen and oxygen atoms in total. The average molecular weight is 355 g/mol. The number of methoxy groups -OCH3 is 2. The number of para-hydroxylation sites is 1. The summed E-state index contributed by atoms with van der Waals surface area (Å²) < 4.78 is 11.0. The van der Waals surface area contributed by atoms with Crippen molar-refractivity contribution in [2.24, 2.45) is 0 Å². The quantitative estimate of drug-likeness (QED) is 0.827. The molecule has 2 heterocycles. The van der Waals surface area contributed by atoms with Crippen molar-refractivity contribution >= 4 is 11.6 Å². The zero-order chi connectivity index (χ0) is 18.4. The minimum atomic E-state index is 0.0143. The number of anilines is 1. The summed E-state index contributed by atoms with van der Waals surface area (Å²) in [6.07, 6.45) is 4.86. The van der Waals surface area contributed by atoms with E-state index in [9.17, 15) is 4.79 Å². The number of hydrogen-bond donors (Lipinski definition) is 1. The van der Waals surface area contributed by atoms with Gasteiger partial charge in [-0.1, -0.05) is 12.1 Å². The minimum absolute atomic E-state index is 0.0143. The van der Waals surface area contributed by atoms with Crippen LogP contribution in [0.15, 0.2) is 42.7 Å². The third kappa shape index (κ3) is 4.32. The molecule has 138 valence electrons. The predicted molar refractivity (Wildman–Crippen MR) is 101 cm³/mol. The van der Waals surface area contributed by atoms with Crippen LogP contribution in [0.25, 0.3) is 0 Å². The van der Waals surface area contributed by atoms with E-state index in [1.807, 2.05) is 24.3 Å². The van der Waals surface area contributed by atoms with Gasteiger partial charge in [0.2, 0.25) is 5.91 Å². The molecule has 1 aromatic carbocycles. The first kappa shape index (κ1) is 18.2. The van der Waals surface area contributed by atoms with Crippen molar-refractivity contribution in [3.05, 3.63) is 48.3 Å². The molecular formula is C20H25N3O3. The maximum atomic E-state index is 12.1. The molecule has 1 atom stereocenters. The number of pyridine rings is 1. The predicted octanol–water partition coefficient (Wildman–Crippen LogP) is 2.92. The van der Waals surface area contributed by atoms with Crippen LogP contribution in [-0.4, -0.2) is 49.6 Å². The number of ether oxygens (including phenoxy) is 2. The minimum Gasteiger partial charge on any atom is -0.493 e. The van der Waals surface area contributed by atoms with Crippen molar-refractivity contribution in [2.75, 3.05) is 39.2 Å². The van der Waals surface area contributed by atoms with Crippen molar-refractivity contribution in [1.29, 1.82) is 0 Å². The van der Waals surface area contributed by atoms with Crippen LogP contribution in [0, 0.1) is 0 Å². The van der Waals surface area contributed by atoms with E-state index >= 15 is 0 Å². The van der Waals surface area contributed by atoms with Crippen LogP contribution >= 0.6 is 0 Å². The fraction of sp³-hybridized carbons (Fsp3) is 0.400. The van der Waals surface area contributed by atoms with E-state index in [-0.39, 0.29) is 5.91 Å². The Morgan fingerprint density at radius 2 is 2.15 bits per heavy atom. The zero-order valence-electron chi connectivity index (χ0n) is 15.3. The number of likely N-dealkylation sites (tertiary alicyclic amines) is 1. The van der Waals surface area contributed by atoms with Crippen LogP contribution < -0.4 is 14.8 Å². The van der Waals surface area contributed by atoms with Crippen molar-refractivity contribution in [2.45, 2.75) is 18.8 Å². The summed E-state index contributed by atoms with van der Waals surface area (Å²) >= 11 is 0. The Bertz CT molecular complexity index is 736. The molecule has 1 N–H and O–H groups in total. The molecule has 6 heteroatoms. The summed E-state index contributed by atoms with van der Waals surface area (Å²) in [7, 11) is 3.33. The van der Waals surface area contributed by atoms with Gasteiger partial charge in [-0.05, 0) is 31.2 Å². The Morgan fingerprint density at radius 3 is 2.88 bits per heavy atom. The fourth-order valence-corrected chi connectivity index (χ4v) is 3.44. The average Bonchev–Trinajstić information content (AvgIpc) is 3.15. The lowest BCUT2D eigenvalue weighted by molar-refractivity contribution is -0.116. The molecule has 0 saturated carbocycles. The summed E-state index contributed by atoms with van der Waals surface area (Å²) in [5.41, 5.74) is 1.91. The van der Waals surface area contributed by atoms with Crippen LogP contribution in [0.2, 0.25) is 0 Å². The van der Waals surface area contributed by atoms with E-state index in [1.54, 1.807) is 26.6 Å². The molecule has 1 saturated heterocycles. The highest BCUT2D eigenvalue weighted by Crippen LogP contribution is 2.39. The fourth-order valence-electron chi connectivity index (χ4n) is 3.44. The molecule has 1 aliphatic rings. The van der Waals surface area contributed by atoms with Gasteiger partial charge in [0.25, 0.3) is 0 Å². The van der Waals surface area contributed by atoms with Crippen molar-refractivity contribution in [3.63, 3.8) is 0 Å². The first-order chi connectivity index (χ1) is 12.7. The van der Waals surface area contributed by atoms with Gasteiger partial charge in [-0.25, -0.2) is 0 Å². The standard InChI is InChI=1S/C20H25N3O3/c1-25-18-7-3-6-17(20(18)26-2)15-8-11-23(14-15)12-9-19(24)22-16-5-4-10-21-13-16/h3-7,10,13,15H,8-9,11-12,14H2,1-2H3,(H,22,24). The summed E-state index contributed by atoms with van der Waals surface area (Å²) in [6, 6.07) is 9.66. The van der Waals surface area contributed by atoms with Gasteiger partial charge in [0.05, 0.1) is 26.1 Å². The second-order valence-corrected chi connectivity index (χ2v) is 6.41. The first-order valence-corrected chi connectivity index (χ1v) is 8.84. The molecule has 3 rings (SSSR count). The molecule has 2 aromatic rings. The number of nitrogens with zero attached hydrogens (tertiary/aromatic N) is 2. The first-order valence-electron chi connectivity index (χ1n) is 8.84. The molecule has 1 amide bonds. The van der Waals surface area contributed by atoms with Gasteiger partial charge in [-0.3, -0.25) is 9.78 Å². The lowest BCUT2D eigenvalue weighted by Crippen LogP contribution is -2.25. The normalized spacial score (nSPS) is 17.1. The van der Waals surface area contributed by atoms with E-state index < -0.39 is 0 Å². The van der Waals surface area contributed by atoms with Gasteiger partial charge >= 0.3 is 0 Å². The Labute approximate surface area is 154 Å². The third-order valence-electron chi connectivity index (χ3n) is 4.75. The number of carbonyl (C=O) groups excluding carboxylic acids is 1. The van der Waals surface area contributed by atoms with Crippen LogP contribution in [0.5, 0.6) is 11.5 Å². The van der Waals surface area contributed by atoms with E-state index in [4.69, 9.17) is 9.47 Å². The maximum absolute atomic E-state index is 12.1. The number of hydrogen-bond acceptors (Lipinski definition) is 5. The molecule has 0 radical (unpaired) electrons. The van der Waals surface area contributed by atoms with Crippen molar-refractivity contribution < 1.29 is 14.3 Å². The Balaban J connectivity index is 1.54. The topological polar surface area (TPSA) is 63.7 Å². The van der Waals surface area contributed by atoms with Gasteiger partial charge < -0.3 is 19.7 Å². The van der Waals surface area contributed by atoms with Gasteiger partial charge in [-0.15, -0.1) is 0 Å². The summed E-state index contributed by atoms with van der Waals surface area (Å²) in [4.78, 5) is 18.4. The third-order valence-corrected chi connectivity index (χ3v) is 4.75. The number of benzene rings is 1. The molecular weight excluding hydrogens is 330 g/mol. The van der Waals surface area contributed by atoms with Gasteiger partial charge in [0.1, 0.15) is 0 Å². The highest BCUT2D eigenvalue weighted by atomic mass is 16.5. The summed E-state index contributed by atoms with van der Waals surface area (Å²) in [6.45, 7) is 2.64. The number of carbonyl (C=O) groups is 1. The largest absolute Gasteiger partial charge is 0.493 e. The highest BCUT2D eigenvalue weighted by molar-refractivity contribution is 5.90. The second kappa shape index (κ2) is 8.67. The van der Waals surface area contributed by atoms with Gasteiger partial charge in [0, 0.05) is 37.2 Å². The van der Waals surface area contributed by atoms with E-state index in [1.165, 1.54) is 5.56 Å². The zero-order valence-corrected chi connectivity index (χ0v) is 15.3. The molecule has 0 aliphatic carbocycles. The molecule has 1 aromatic heterocycles. The van der Waals surface area contributed by atoms with Crippen LogP contribution in [0.1, 0.15) is 24.3 Å². The molecule has 1 fully saturated rings. The second-order valence-electron chi connectivity index (χ2n) is 6.41. The van der Waals surface area contributed by atoms with Crippen LogP contribution in [-0.2, 0) is 4.79 Å². The monoisotopic (exact) mass is 355 g/mol. The van der Waals surface area contributed by atoms with Crippen LogP contribution in [0.4, 0.5) is 5.69 Å². The Morgan fingerprint density at radius 1 is 1.27 bits per heavy atom. The molecule has 1 aliphatic heterocycles. The lowest BCUT2D eigenvalue weighted by Gasteiger charge is -2.18. The SMILES string of the molecule is COc1cccc(C2CCN(CCC(=O)Nc3cccnc3)C2)c1OC. The number of nitrogens with one attached hydrogen (secondary N) is 1. The van der Waals surface area contributed by atoms with Gasteiger partial charge in [-0.2, -0.15) is 0 Å². The van der Waals surface area contributed by atoms with E-state index in [2.05, 4.69) is 21.3 Å². The number of aromatic nitrogens is 1. The van der Waals surface area contributed by atoms with Crippen LogP contribution in [0.3, 0.4) is 0 Å². The molecule has 0 bridgehead atoms. The Hall–Kier alpha value is -2.60. The number of rotatable bonds is 7. The van der Waals surface area contributed by atoms with Crippen molar-refractivity contribution in [1.82, 2.24) is 9.88 Å². The maximum Gasteiger partial charge on any atom is 0.225 e. The summed E-state index contributed by atoms with van der Waals surface area (Å²) in [5, 5.41) is 2.88. The van der Waals surface area contributed by atoms with E-state index in [0.717, 1.165) is 43.2 Å². The highest BCUT2D eigenvalue weighted by Gasteiger charge is 2.27. The number of amides is 1. The van der Waals surface area contributed by atoms with Crippen molar-refractivity contribution in [3.8, 4) is 11.5 Å². The van der Waals surface area contributed by atoms with Gasteiger partial charge in [0.15, 0.2) is 11.5 Å². The molecule has 26 heavy (non-hydrogen) atoms. The lowest BCUT2D eigenvalue weighted by atomic mass is 9.97. The Kier molecular flexibility index (Phi) is 6.07. The summed E-state index contributed by atoms with van der Waals surface area (Å²) in [5.74, 6) is 1.98.